The average Bonchev–Trinajstić information content (AvgIpc) is 3.43. The molecule has 11 heteroatoms. The number of nitrogens with zero attached hydrogens (tertiary/aromatic N) is 3. The van der Waals surface area contributed by atoms with Crippen molar-refractivity contribution in [3.63, 3.8) is 0 Å². The van der Waals surface area contributed by atoms with Gasteiger partial charge in [0.1, 0.15) is 17.2 Å². The normalized spacial score (nSPS) is 10.7. The number of anilines is 1. The quantitative estimate of drug-likeness (QED) is 0.138. The standard InChI is InChI=1S/C32H37N5O5S/c1-6-7-16-42-24-12-10-23(11-13-24)31(39)33-19-29-35-36-32(37(29)27-18-25(40-4)14-15-28(27)41-5)43-20-30(38)34-26-17-21(2)8-9-22(26)3/h8-15,17-18H,6-7,16,19-20H2,1-5H3,(H,33,39)(H,34,38). The smallest absolute Gasteiger partial charge is 0.251 e. The Morgan fingerprint density at radius 1 is 0.930 bits per heavy atom. The molecule has 1 aromatic heterocycles. The first-order valence-corrected chi connectivity index (χ1v) is 15.0. The molecular formula is C32H37N5O5S. The molecule has 0 spiro atoms. The zero-order valence-electron chi connectivity index (χ0n) is 25.1. The summed E-state index contributed by atoms with van der Waals surface area (Å²) in [6, 6.07) is 18.3. The van der Waals surface area contributed by atoms with Crippen molar-refractivity contribution in [1.82, 2.24) is 20.1 Å². The number of unbranched alkanes of at least 4 members (excludes halogenated alkanes) is 1. The highest BCUT2D eigenvalue weighted by atomic mass is 32.2. The monoisotopic (exact) mass is 603 g/mol. The van der Waals surface area contributed by atoms with Gasteiger partial charge in [-0.2, -0.15) is 0 Å². The van der Waals surface area contributed by atoms with Crippen molar-refractivity contribution in [3.8, 4) is 22.9 Å². The van der Waals surface area contributed by atoms with Crippen LogP contribution in [0.3, 0.4) is 0 Å². The number of rotatable bonds is 14. The summed E-state index contributed by atoms with van der Waals surface area (Å²) in [4.78, 5) is 25.9. The molecule has 0 unspecified atom stereocenters. The Hall–Kier alpha value is -4.51. The zero-order valence-corrected chi connectivity index (χ0v) is 25.9. The molecule has 4 aromatic rings. The van der Waals surface area contributed by atoms with Gasteiger partial charge in [-0.25, -0.2) is 0 Å². The number of aromatic nitrogens is 3. The number of nitrogens with one attached hydrogen (secondary N) is 2. The molecule has 43 heavy (non-hydrogen) atoms. The van der Waals surface area contributed by atoms with E-state index in [-0.39, 0.29) is 24.1 Å². The summed E-state index contributed by atoms with van der Waals surface area (Å²) in [5.41, 5.74) is 3.91. The Morgan fingerprint density at radius 2 is 1.70 bits per heavy atom. The second kappa shape index (κ2) is 15.1. The van der Waals surface area contributed by atoms with Crippen LogP contribution in [0.15, 0.2) is 65.8 Å². The number of benzene rings is 3. The van der Waals surface area contributed by atoms with Crippen LogP contribution in [0.4, 0.5) is 5.69 Å². The van der Waals surface area contributed by atoms with Crippen molar-refractivity contribution in [2.24, 2.45) is 0 Å². The van der Waals surface area contributed by atoms with Crippen molar-refractivity contribution in [1.29, 1.82) is 0 Å². The number of amides is 2. The van der Waals surface area contributed by atoms with E-state index in [1.807, 2.05) is 32.0 Å². The van der Waals surface area contributed by atoms with E-state index in [2.05, 4.69) is 27.8 Å². The molecule has 0 aliphatic heterocycles. The minimum atomic E-state index is -0.269. The van der Waals surface area contributed by atoms with Crippen molar-refractivity contribution in [2.75, 3.05) is 31.9 Å². The van der Waals surface area contributed by atoms with Crippen LogP contribution in [0.25, 0.3) is 5.69 Å². The predicted octanol–water partition coefficient (Wildman–Crippen LogP) is 5.74. The molecule has 0 radical (unpaired) electrons. The summed E-state index contributed by atoms with van der Waals surface area (Å²) >= 11 is 1.23. The second-order valence-electron chi connectivity index (χ2n) is 9.84. The lowest BCUT2D eigenvalue weighted by Gasteiger charge is -2.15. The number of carbonyl (C=O) groups is 2. The molecule has 0 aliphatic carbocycles. The third-order valence-corrected chi connectivity index (χ3v) is 7.55. The van der Waals surface area contributed by atoms with E-state index in [1.165, 1.54) is 11.8 Å². The Kier molecular flexibility index (Phi) is 11.0. The van der Waals surface area contributed by atoms with E-state index in [1.54, 1.807) is 61.3 Å². The largest absolute Gasteiger partial charge is 0.497 e. The van der Waals surface area contributed by atoms with Gasteiger partial charge in [-0.05, 0) is 73.9 Å². The molecular weight excluding hydrogens is 566 g/mol. The molecule has 2 N–H and O–H groups in total. The number of thioether (sulfide) groups is 1. The van der Waals surface area contributed by atoms with Crippen LogP contribution in [0.5, 0.6) is 17.2 Å². The molecule has 0 aliphatic rings. The van der Waals surface area contributed by atoms with E-state index in [0.717, 1.165) is 35.4 Å². The van der Waals surface area contributed by atoms with Crippen molar-refractivity contribution in [2.45, 2.75) is 45.3 Å². The van der Waals surface area contributed by atoms with Crippen LogP contribution >= 0.6 is 11.8 Å². The lowest BCUT2D eigenvalue weighted by atomic mass is 10.1. The van der Waals surface area contributed by atoms with Gasteiger partial charge in [0.05, 0.1) is 38.8 Å². The van der Waals surface area contributed by atoms with Crippen molar-refractivity contribution >= 4 is 29.3 Å². The van der Waals surface area contributed by atoms with Gasteiger partial charge in [0.2, 0.25) is 5.91 Å². The molecule has 10 nitrogen and oxygen atoms in total. The maximum atomic E-state index is 13.0. The third kappa shape index (κ3) is 8.29. The average molecular weight is 604 g/mol. The summed E-state index contributed by atoms with van der Waals surface area (Å²) in [7, 11) is 3.14. The van der Waals surface area contributed by atoms with Crippen molar-refractivity contribution in [3.05, 3.63) is 83.2 Å². The Balaban J connectivity index is 1.54. The van der Waals surface area contributed by atoms with Gasteiger partial charge in [-0.3, -0.25) is 14.2 Å². The van der Waals surface area contributed by atoms with E-state index < -0.39 is 0 Å². The molecule has 1 heterocycles. The number of methoxy groups -OCH3 is 2. The minimum absolute atomic E-state index is 0.0796. The number of hydrogen-bond donors (Lipinski definition) is 2. The first-order chi connectivity index (χ1) is 20.8. The van der Waals surface area contributed by atoms with Crippen LogP contribution in [0.1, 0.15) is 47.1 Å². The highest BCUT2D eigenvalue weighted by Crippen LogP contribution is 2.32. The number of carbonyl (C=O) groups excluding carboxylic acids is 2. The maximum absolute atomic E-state index is 13.0. The zero-order chi connectivity index (χ0) is 30.8. The predicted molar refractivity (Wildman–Crippen MR) is 168 cm³/mol. The Morgan fingerprint density at radius 3 is 2.42 bits per heavy atom. The summed E-state index contributed by atoms with van der Waals surface area (Å²) in [5.74, 6) is 1.97. The Bertz CT molecular complexity index is 1550. The van der Waals surface area contributed by atoms with Crippen LogP contribution in [0.2, 0.25) is 0 Å². The molecule has 0 bridgehead atoms. The van der Waals surface area contributed by atoms with E-state index >= 15 is 0 Å². The second-order valence-corrected chi connectivity index (χ2v) is 10.8. The van der Waals surface area contributed by atoms with E-state index in [9.17, 15) is 9.59 Å². The number of ether oxygens (including phenoxy) is 3. The first-order valence-electron chi connectivity index (χ1n) is 14.0. The maximum Gasteiger partial charge on any atom is 0.251 e. The fourth-order valence-electron chi connectivity index (χ4n) is 4.21. The molecule has 3 aromatic carbocycles. The van der Waals surface area contributed by atoms with Gasteiger partial charge in [-0.15, -0.1) is 10.2 Å². The van der Waals surface area contributed by atoms with Gasteiger partial charge < -0.3 is 24.8 Å². The van der Waals surface area contributed by atoms with Crippen molar-refractivity contribution < 1.29 is 23.8 Å². The summed E-state index contributed by atoms with van der Waals surface area (Å²) in [6.45, 7) is 6.75. The van der Waals surface area contributed by atoms with Gasteiger partial charge >= 0.3 is 0 Å². The third-order valence-electron chi connectivity index (χ3n) is 6.62. The summed E-state index contributed by atoms with van der Waals surface area (Å²) < 4.78 is 18.5. The lowest BCUT2D eigenvalue weighted by Crippen LogP contribution is -2.24. The van der Waals surface area contributed by atoms with E-state index in [0.29, 0.717) is 40.3 Å². The number of hydrogen-bond acceptors (Lipinski definition) is 8. The van der Waals surface area contributed by atoms with Crippen LogP contribution in [0, 0.1) is 13.8 Å². The number of aryl methyl sites for hydroxylation is 2. The molecule has 0 saturated heterocycles. The summed E-state index contributed by atoms with van der Waals surface area (Å²) in [6.07, 6.45) is 2.02. The van der Waals surface area contributed by atoms with Gasteiger partial charge in [0.25, 0.3) is 5.91 Å². The van der Waals surface area contributed by atoms with Gasteiger partial charge in [-0.1, -0.05) is 37.2 Å². The van der Waals surface area contributed by atoms with Crippen LogP contribution in [-0.2, 0) is 11.3 Å². The fraction of sp³-hybridized carbons (Fsp3) is 0.312. The highest BCUT2D eigenvalue weighted by Gasteiger charge is 2.21. The van der Waals surface area contributed by atoms with E-state index in [4.69, 9.17) is 14.2 Å². The molecule has 0 saturated carbocycles. The molecule has 2 amide bonds. The van der Waals surface area contributed by atoms with Crippen LogP contribution < -0.4 is 24.8 Å². The molecule has 226 valence electrons. The minimum Gasteiger partial charge on any atom is -0.497 e. The topological polar surface area (TPSA) is 117 Å². The molecule has 0 atom stereocenters. The lowest BCUT2D eigenvalue weighted by molar-refractivity contribution is -0.113. The van der Waals surface area contributed by atoms with Crippen LogP contribution in [-0.4, -0.2) is 53.2 Å². The molecule has 0 fully saturated rings. The van der Waals surface area contributed by atoms with Gasteiger partial charge in [0, 0.05) is 17.3 Å². The Labute approximate surface area is 256 Å². The fourth-order valence-corrected chi connectivity index (χ4v) is 4.97. The summed E-state index contributed by atoms with van der Waals surface area (Å²) in [5, 5.41) is 15.1. The first kappa shape index (κ1) is 31.4. The molecule has 4 rings (SSSR count). The van der Waals surface area contributed by atoms with Gasteiger partial charge in [0.15, 0.2) is 11.0 Å². The SMILES string of the molecule is CCCCOc1ccc(C(=O)NCc2nnc(SCC(=O)Nc3cc(C)ccc3C)n2-c2cc(OC)ccc2OC)cc1. The highest BCUT2D eigenvalue weighted by molar-refractivity contribution is 7.99.